The van der Waals surface area contributed by atoms with E-state index in [0.717, 1.165) is 22.4 Å². The monoisotopic (exact) mass is 470 g/mol. The molecule has 0 saturated heterocycles. The third-order valence-electron chi connectivity index (χ3n) is 5.43. The highest BCUT2D eigenvalue weighted by atomic mass is 16.5. The van der Waals surface area contributed by atoms with E-state index in [0.29, 0.717) is 24.4 Å². The third kappa shape index (κ3) is 6.32. The van der Waals surface area contributed by atoms with Gasteiger partial charge in [0.2, 0.25) is 0 Å². The Morgan fingerprint density at radius 2 is 1.77 bits per heavy atom. The molecular formula is C27H26N4O4. The summed E-state index contributed by atoms with van der Waals surface area (Å²) in [5.74, 6) is 0.636. The van der Waals surface area contributed by atoms with Crippen LogP contribution in [0.2, 0.25) is 0 Å². The van der Waals surface area contributed by atoms with Crippen molar-refractivity contribution >= 4 is 11.8 Å². The van der Waals surface area contributed by atoms with E-state index < -0.39 is 0 Å². The molecule has 4 aromatic rings. The standard InChI is InChI=1S/C27H26N4O4/c1-19-5-9-22(10-6-19)27(33)31(17-21-4-3-13-28-15-21)18-24-14-25(30-35-24)26(32)29-16-20-7-11-23(34-2)12-8-20/h3-15H,16-18H2,1-2H3,(H,29,32). The summed E-state index contributed by atoms with van der Waals surface area (Å²) in [5.41, 5.74) is 3.59. The van der Waals surface area contributed by atoms with Crippen molar-refractivity contribution in [1.82, 2.24) is 20.4 Å². The Morgan fingerprint density at radius 1 is 1.00 bits per heavy atom. The second-order valence-corrected chi connectivity index (χ2v) is 8.10. The number of pyridine rings is 1. The molecule has 4 rings (SSSR count). The van der Waals surface area contributed by atoms with Crippen LogP contribution in [-0.4, -0.2) is 34.0 Å². The number of carbonyl (C=O) groups is 2. The molecule has 8 nitrogen and oxygen atoms in total. The Hall–Kier alpha value is -4.46. The van der Waals surface area contributed by atoms with Crippen molar-refractivity contribution in [2.24, 2.45) is 0 Å². The van der Waals surface area contributed by atoms with Crippen molar-refractivity contribution in [2.45, 2.75) is 26.6 Å². The van der Waals surface area contributed by atoms with E-state index in [-0.39, 0.29) is 24.1 Å². The number of ether oxygens (including phenoxy) is 1. The number of amides is 2. The van der Waals surface area contributed by atoms with Crippen LogP contribution in [0.3, 0.4) is 0 Å². The molecule has 0 saturated carbocycles. The minimum absolute atomic E-state index is 0.151. The molecule has 2 heterocycles. The predicted molar refractivity (Wildman–Crippen MR) is 130 cm³/mol. The van der Waals surface area contributed by atoms with Gasteiger partial charge in [0.1, 0.15) is 5.75 Å². The van der Waals surface area contributed by atoms with E-state index in [9.17, 15) is 9.59 Å². The van der Waals surface area contributed by atoms with Gasteiger partial charge < -0.3 is 19.5 Å². The summed E-state index contributed by atoms with van der Waals surface area (Å²) in [4.78, 5) is 31.6. The van der Waals surface area contributed by atoms with E-state index in [2.05, 4.69) is 15.5 Å². The summed E-state index contributed by atoms with van der Waals surface area (Å²) in [6.45, 7) is 2.79. The molecule has 8 heteroatoms. The summed E-state index contributed by atoms with van der Waals surface area (Å²) in [6.07, 6.45) is 3.40. The van der Waals surface area contributed by atoms with Gasteiger partial charge in [-0.2, -0.15) is 0 Å². The molecule has 0 aliphatic rings. The lowest BCUT2D eigenvalue weighted by Gasteiger charge is -2.21. The van der Waals surface area contributed by atoms with E-state index in [1.165, 1.54) is 0 Å². The zero-order valence-electron chi connectivity index (χ0n) is 19.6. The predicted octanol–water partition coefficient (Wildman–Crippen LogP) is 4.16. The van der Waals surface area contributed by atoms with Crippen molar-refractivity contribution in [3.8, 4) is 5.75 Å². The minimum Gasteiger partial charge on any atom is -0.497 e. The number of methoxy groups -OCH3 is 1. The van der Waals surface area contributed by atoms with Crippen LogP contribution in [0.4, 0.5) is 0 Å². The first-order chi connectivity index (χ1) is 17.0. The van der Waals surface area contributed by atoms with E-state index in [1.807, 2.05) is 55.5 Å². The second kappa shape index (κ2) is 11.1. The zero-order valence-corrected chi connectivity index (χ0v) is 19.6. The van der Waals surface area contributed by atoms with Crippen LogP contribution in [-0.2, 0) is 19.6 Å². The molecule has 0 radical (unpaired) electrons. The summed E-state index contributed by atoms with van der Waals surface area (Å²) >= 11 is 0. The van der Waals surface area contributed by atoms with E-state index >= 15 is 0 Å². The van der Waals surface area contributed by atoms with Crippen molar-refractivity contribution < 1.29 is 18.8 Å². The van der Waals surface area contributed by atoms with Crippen LogP contribution >= 0.6 is 0 Å². The van der Waals surface area contributed by atoms with Crippen LogP contribution in [0.1, 0.15) is 43.3 Å². The Bertz CT molecular complexity index is 1270. The summed E-state index contributed by atoms with van der Waals surface area (Å²) in [7, 11) is 1.60. The number of hydrogen-bond acceptors (Lipinski definition) is 6. The van der Waals surface area contributed by atoms with Gasteiger partial charge in [-0.15, -0.1) is 0 Å². The Labute approximate surface area is 203 Å². The normalized spacial score (nSPS) is 10.6. The molecule has 0 fully saturated rings. The average molecular weight is 471 g/mol. The molecular weight excluding hydrogens is 444 g/mol. The Balaban J connectivity index is 1.44. The number of nitrogens with zero attached hydrogens (tertiary/aromatic N) is 3. The van der Waals surface area contributed by atoms with Crippen LogP contribution in [0.15, 0.2) is 83.6 Å². The summed E-state index contributed by atoms with van der Waals surface area (Å²) in [5, 5.41) is 6.72. The lowest BCUT2D eigenvalue weighted by atomic mass is 10.1. The van der Waals surface area contributed by atoms with Crippen LogP contribution in [0, 0.1) is 6.92 Å². The molecule has 2 aromatic heterocycles. The first-order valence-electron chi connectivity index (χ1n) is 11.1. The highest BCUT2D eigenvalue weighted by molar-refractivity contribution is 5.94. The molecule has 0 aliphatic carbocycles. The Morgan fingerprint density at radius 3 is 2.46 bits per heavy atom. The molecule has 0 aliphatic heterocycles. The molecule has 1 N–H and O–H groups in total. The number of aromatic nitrogens is 2. The molecule has 0 spiro atoms. The average Bonchev–Trinajstić information content (AvgIpc) is 3.36. The van der Waals surface area contributed by atoms with Crippen molar-refractivity contribution in [3.05, 3.63) is 113 Å². The van der Waals surface area contributed by atoms with Gasteiger partial charge in [0.05, 0.1) is 13.7 Å². The minimum atomic E-state index is -0.362. The van der Waals surface area contributed by atoms with E-state index in [4.69, 9.17) is 9.26 Å². The molecule has 0 unspecified atom stereocenters. The maximum Gasteiger partial charge on any atom is 0.273 e. The third-order valence-corrected chi connectivity index (χ3v) is 5.43. The van der Waals surface area contributed by atoms with Gasteiger partial charge in [0, 0.05) is 37.1 Å². The number of aryl methyl sites for hydroxylation is 1. The number of carbonyl (C=O) groups excluding carboxylic acids is 2. The number of benzene rings is 2. The van der Waals surface area contributed by atoms with Gasteiger partial charge in [0.25, 0.3) is 11.8 Å². The van der Waals surface area contributed by atoms with Crippen molar-refractivity contribution in [3.63, 3.8) is 0 Å². The zero-order chi connectivity index (χ0) is 24.6. The smallest absolute Gasteiger partial charge is 0.273 e. The maximum absolute atomic E-state index is 13.3. The first kappa shape index (κ1) is 23.7. The summed E-state index contributed by atoms with van der Waals surface area (Å²) in [6, 6.07) is 20.1. The molecule has 178 valence electrons. The highest BCUT2D eigenvalue weighted by Gasteiger charge is 2.20. The van der Waals surface area contributed by atoms with Crippen LogP contribution < -0.4 is 10.1 Å². The Kier molecular flexibility index (Phi) is 7.52. The van der Waals surface area contributed by atoms with Gasteiger partial charge in [0.15, 0.2) is 11.5 Å². The van der Waals surface area contributed by atoms with Gasteiger partial charge in [-0.1, -0.05) is 41.1 Å². The summed E-state index contributed by atoms with van der Waals surface area (Å²) < 4.78 is 10.5. The fourth-order valence-electron chi connectivity index (χ4n) is 3.49. The van der Waals surface area contributed by atoms with Crippen LogP contribution in [0.25, 0.3) is 0 Å². The van der Waals surface area contributed by atoms with Gasteiger partial charge in [-0.05, 0) is 48.4 Å². The van der Waals surface area contributed by atoms with E-state index in [1.54, 1.807) is 42.6 Å². The fraction of sp³-hybridized carbons (Fsp3) is 0.185. The largest absolute Gasteiger partial charge is 0.497 e. The molecule has 2 amide bonds. The van der Waals surface area contributed by atoms with Crippen molar-refractivity contribution in [2.75, 3.05) is 7.11 Å². The maximum atomic E-state index is 13.3. The highest BCUT2D eigenvalue weighted by Crippen LogP contribution is 2.16. The number of hydrogen-bond donors (Lipinski definition) is 1. The first-order valence-corrected chi connectivity index (χ1v) is 11.1. The second-order valence-electron chi connectivity index (χ2n) is 8.10. The molecule has 35 heavy (non-hydrogen) atoms. The lowest BCUT2D eigenvalue weighted by Crippen LogP contribution is -2.30. The molecule has 2 aromatic carbocycles. The van der Waals surface area contributed by atoms with Gasteiger partial charge >= 0.3 is 0 Å². The number of rotatable bonds is 9. The van der Waals surface area contributed by atoms with Crippen LogP contribution in [0.5, 0.6) is 5.75 Å². The van der Waals surface area contributed by atoms with Gasteiger partial charge in [-0.3, -0.25) is 14.6 Å². The quantitative estimate of drug-likeness (QED) is 0.395. The number of nitrogens with one attached hydrogen (secondary N) is 1. The van der Waals surface area contributed by atoms with Crippen molar-refractivity contribution in [1.29, 1.82) is 0 Å². The SMILES string of the molecule is COc1ccc(CNC(=O)c2cc(CN(Cc3cccnc3)C(=O)c3ccc(C)cc3)on2)cc1. The lowest BCUT2D eigenvalue weighted by molar-refractivity contribution is 0.0713. The van der Waals surface area contributed by atoms with Gasteiger partial charge in [-0.25, -0.2) is 0 Å². The fourth-order valence-corrected chi connectivity index (χ4v) is 3.49. The topological polar surface area (TPSA) is 97.6 Å². The molecule has 0 bridgehead atoms. The molecule has 0 atom stereocenters.